The number of benzene rings is 12. The molecule has 1 fully saturated rings. The molecule has 0 aromatic heterocycles. The van der Waals surface area contributed by atoms with Crippen molar-refractivity contribution in [3.05, 3.63) is 330 Å². The fraction of sp³-hybridized carbons (Fsp3) is 0.143. The summed E-state index contributed by atoms with van der Waals surface area (Å²) in [4.78, 5) is 5.86. The summed E-state index contributed by atoms with van der Waals surface area (Å²) in [5, 5.41) is 0. The van der Waals surface area contributed by atoms with E-state index < -0.39 is 19.7 Å². The quantitative estimate of drug-likeness (QED) is 0.125. The van der Waals surface area contributed by atoms with Crippen LogP contribution in [0.2, 0.25) is 0 Å². The first-order chi connectivity index (χ1) is 46.0. The Balaban J connectivity index is 0.000000138. The van der Waals surface area contributed by atoms with Crippen molar-refractivity contribution in [1.29, 1.82) is 0 Å². The Bertz CT molecular complexity index is 4900. The molecule has 0 amide bonds. The Hall–Kier alpha value is -9.40. The molecule has 12 aromatic rings. The van der Waals surface area contributed by atoms with E-state index in [1.165, 1.54) is 45.0 Å². The van der Waals surface area contributed by atoms with Gasteiger partial charge in [-0.15, -0.1) is 0 Å². The van der Waals surface area contributed by atoms with Gasteiger partial charge in [0.1, 0.15) is 0 Å². The van der Waals surface area contributed by atoms with Crippen LogP contribution in [0.25, 0.3) is 33.4 Å². The number of fused-ring (bicyclic) bond motifs is 4. The molecule has 3 heterocycles. The fourth-order valence-corrected chi connectivity index (χ4v) is 15.9. The van der Waals surface area contributed by atoms with Crippen molar-refractivity contribution in [2.45, 2.75) is 97.0 Å². The van der Waals surface area contributed by atoms with Gasteiger partial charge >= 0.3 is 7.12 Å². The van der Waals surface area contributed by atoms with Crippen LogP contribution in [0.4, 0.5) is 34.1 Å². The van der Waals surface area contributed by atoms with Crippen molar-refractivity contribution in [2.75, 3.05) is 9.80 Å². The molecule has 0 aliphatic carbocycles. The van der Waals surface area contributed by atoms with Crippen molar-refractivity contribution in [3.63, 3.8) is 0 Å². The maximum Gasteiger partial charge on any atom is 0.494 e. The minimum absolute atomic E-state index is 0.0493. The van der Waals surface area contributed by atoms with Gasteiger partial charge in [-0.05, 0) is 198 Å². The lowest BCUT2D eigenvalue weighted by molar-refractivity contribution is 0.00578. The molecule has 1 saturated heterocycles. The molecule has 0 atom stereocenters. The number of para-hydroxylation sites is 4. The molecule has 0 unspecified atom stereocenters. The number of rotatable bonds is 10. The van der Waals surface area contributed by atoms with Gasteiger partial charge < -0.3 is 19.1 Å². The van der Waals surface area contributed by atoms with Crippen LogP contribution in [-0.2, 0) is 39.8 Å². The normalized spacial score (nSPS) is 15.3. The number of halogens is 1. The standard InChI is InChI=1S/C39H31NO2S.C27H30BNO2.C18H13BrO2S/c1-39(2)35-12-6-8-14-37(35)40(38-15-9-7-13-36(38)39)32-22-16-29(17-23-32)31-20-26-34(27-21-31)43(41,42)33-24-18-30(19-25-33)28-10-4-3-5-11-28;1-25(2)21-11-7-9-13-23(21)29(24-14-10-8-12-22(24)25)20-17-15-19(16-18-20)28-30-26(3,4)27(5,6)31-28;19-16-8-12-18(13-9-16)22(20,21)17-10-6-15(7-11-17)14-4-2-1-3-5-14/h3-27H,1-2H3;7-18H,1-6H3;1-13H. The van der Waals surface area contributed by atoms with Gasteiger partial charge in [0.15, 0.2) is 0 Å². The highest BCUT2D eigenvalue weighted by atomic mass is 79.9. The average Bonchev–Trinajstić information content (AvgIpc) is 0.876. The SMILES string of the molecule is CC1(C)c2ccccc2N(c2ccc(-c3ccc(S(=O)(=O)c4ccc(-c5ccccc5)cc4)cc3)cc2)c2ccccc21.CC1(C)c2ccccc2N(c2ccc(B3OC(C)(C)C(C)(C)O3)cc2)c2ccccc21.O=S(=O)(c1ccc(Br)cc1)c1ccc(-c2ccccc2)cc1. The second-order valence-corrected chi connectivity index (χ2v) is 31.3. The van der Waals surface area contributed by atoms with E-state index in [2.05, 4.69) is 227 Å². The molecule has 0 saturated carbocycles. The number of hydrogen-bond donors (Lipinski definition) is 0. The number of hydrogen-bond acceptors (Lipinski definition) is 8. The summed E-state index contributed by atoms with van der Waals surface area (Å²) in [6.07, 6.45) is 0. The molecular formula is C84H74BBrN2O6S2. The minimum atomic E-state index is -3.63. The molecular weight excluding hydrogens is 1290 g/mol. The van der Waals surface area contributed by atoms with Gasteiger partial charge in [-0.2, -0.15) is 0 Å². The monoisotopic (exact) mass is 1360 g/mol. The predicted molar refractivity (Wildman–Crippen MR) is 396 cm³/mol. The van der Waals surface area contributed by atoms with Gasteiger partial charge in [0.05, 0.1) is 53.5 Å². The second kappa shape index (κ2) is 26.0. The summed E-state index contributed by atoms with van der Waals surface area (Å²) in [6.45, 7) is 17.5. The molecule has 3 aliphatic rings. The molecule has 478 valence electrons. The summed E-state index contributed by atoms with van der Waals surface area (Å²) in [7, 11) is -7.45. The van der Waals surface area contributed by atoms with E-state index in [1.807, 2.05) is 97.1 Å². The Kier molecular flexibility index (Phi) is 17.7. The van der Waals surface area contributed by atoms with E-state index in [0.29, 0.717) is 9.79 Å². The summed E-state index contributed by atoms with van der Waals surface area (Å²) >= 11 is 3.31. The van der Waals surface area contributed by atoms with E-state index in [9.17, 15) is 16.8 Å². The van der Waals surface area contributed by atoms with E-state index >= 15 is 0 Å². The highest BCUT2D eigenvalue weighted by Crippen LogP contribution is 2.53. The van der Waals surface area contributed by atoms with E-state index in [4.69, 9.17) is 9.31 Å². The molecule has 12 heteroatoms. The minimum Gasteiger partial charge on any atom is -0.399 e. The van der Waals surface area contributed by atoms with Crippen molar-refractivity contribution in [1.82, 2.24) is 0 Å². The summed E-state index contributed by atoms with van der Waals surface area (Å²) in [6, 6.07) is 99.4. The third kappa shape index (κ3) is 12.5. The van der Waals surface area contributed by atoms with Crippen molar-refractivity contribution >= 4 is 82.3 Å². The molecule has 96 heavy (non-hydrogen) atoms. The van der Waals surface area contributed by atoms with Gasteiger partial charge in [-0.25, -0.2) is 16.8 Å². The summed E-state index contributed by atoms with van der Waals surface area (Å²) in [5.41, 5.74) is 18.6. The van der Waals surface area contributed by atoms with E-state index in [0.717, 1.165) is 54.7 Å². The summed E-state index contributed by atoms with van der Waals surface area (Å²) in [5.74, 6) is 0. The maximum atomic E-state index is 13.4. The Labute approximate surface area is 574 Å². The van der Waals surface area contributed by atoms with Gasteiger partial charge in [0.25, 0.3) is 0 Å². The molecule has 12 aromatic carbocycles. The van der Waals surface area contributed by atoms with Crippen LogP contribution in [0.5, 0.6) is 0 Å². The molecule has 0 bridgehead atoms. The van der Waals surface area contributed by atoms with Crippen molar-refractivity contribution < 1.29 is 26.1 Å². The zero-order valence-corrected chi connectivity index (χ0v) is 58.2. The van der Waals surface area contributed by atoms with Gasteiger partial charge in [0, 0.05) is 26.7 Å². The predicted octanol–water partition coefficient (Wildman–Crippen LogP) is 21.0. The third-order valence-corrected chi connectivity index (χ3v) is 23.3. The first-order valence-corrected chi connectivity index (χ1v) is 36.0. The molecule has 0 spiro atoms. The van der Waals surface area contributed by atoms with Crippen LogP contribution in [0.1, 0.15) is 77.6 Å². The number of anilines is 6. The van der Waals surface area contributed by atoms with Crippen molar-refractivity contribution in [2.24, 2.45) is 0 Å². The summed E-state index contributed by atoms with van der Waals surface area (Å²) < 4.78 is 65.3. The van der Waals surface area contributed by atoms with Crippen molar-refractivity contribution in [3.8, 4) is 33.4 Å². The van der Waals surface area contributed by atoms with Gasteiger partial charge in [0.2, 0.25) is 19.7 Å². The van der Waals surface area contributed by atoms with Crippen LogP contribution in [0, 0.1) is 0 Å². The first kappa shape index (κ1) is 65.3. The largest absolute Gasteiger partial charge is 0.494 e. The zero-order chi connectivity index (χ0) is 67.2. The fourth-order valence-electron chi connectivity index (χ4n) is 13.1. The zero-order valence-electron chi connectivity index (χ0n) is 55.0. The molecule has 8 nitrogen and oxygen atoms in total. The van der Waals surface area contributed by atoms with E-state index in [-0.39, 0.29) is 38.9 Å². The van der Waals surface area contributed by atoms with Gasteiger partial charge in [-0.3, -0.25) is 0 Å². The smallest absolute Gasteiger partial charge is 0.399 e. The Morgan fingerprint density at radius 1 is 0.292 bits per heavy atom. The lowest BCUT2D eigenvalue weighted by Gasteiger charge is -2.42. The molecule has 0 N–H and O–H groups in total. The Morgan fingerprint density at radius 3 is 0.833 bits per heavy atom. The average molecular weight is 1360 g/mol. The lowest BCUT2D eigenvalue weighted by Crippen LogP contribution is -2.41. The Morgan fingerprint density at radius 2 is 0.531 bits per heavy atom. The lowest BCUT2D eigenvalue weighted by atomic mass is 9.73. The third-order valence-electron chi connectivity index (χ3n) is 19.2. The van der Waals surface area contributed by atoms with Crippen LogP contribution >= 0.6 is 15.9 Å². The first-order valence-electron chi connectivity index (χ1n) is 32.2. The maximum absolute atomic E-state index is 13.4. The molecule has 3 aliphatic heterocycles. The van der Waals surface area contributed by atoms with E-state index in [1.54, 1.807) is 60.7 Å². The van der Waals surface area contributed by atoms with Gasteiger partial charge in [-0.1, -0.05) is 238 Å². The topological polar surface area (TPSA) is 93.2 Å². The highest BCUT2D eigenvalue weighted by Gasteiger charge is 2.52. The van der Waals surface area contributed by atoms with Crippen LogP contribution in [0.15, 0.2) is 327 Å². The number of nitrogens with zero attached hydrogens (tertiary/aromatic N) is 2. The molecule has 15 rings (SSSR count). The number of sulfone groups is 2. The second-order valence-electron chi connectivity index (χ2n) is 26.5. The highest BCUT2D eigenvalue weighted by molar-refractivity contribution is 9.10. The van der Waals surface area contributed by atoms with Crippen LogP contribution < -0.4 is 15.3 Å². The van der Waals surface area contributed by atoms with Crippen LogP contribution in [-0.4, -0.2) is 35.2 Å². The van der Waals surface area contributed by atoms with Crippen LogP contribution in [0.3, 0.4) is 0 Å². The molecule has 0 radical (unpaired) electrons.